The van der Waals surface area contributed by atoms with E-state index in [2.05, 4.69) is 4.98 Å². The van der Waals surface area contributed by atoms with Crippen LogP contribution in [0.15, 0.2) is 18.3 Å². The molecule has 0 bridgehead atoms. The maximum Gasteiger partial charge on any atom is 0.308 e. The van der Waals surface area contributed by atoms with Crippen LogP contribution < -0.4 is 4.74 Å². The minimum Gasteiger partial charge on any atom is -0.474 e. The van der Waals surface area contributed by atoms with Gasteiger partial charge in [0.2, 0.25) is 5.88 Å². The van der Waals surface area contributed by atoms with E-state index in [1.807, 2.05) is 26.0 Å². The molecule has 1 heterocycles. The first-order valence-electron chi connectivity index (χ1n) is 6.95. The number of esters is 1. The first-order chi connectivity index (χ1) is 9.19. The van der Waals surface area contributed by atoms with Crippen LogP contribution in [0.3, 0.4) is 0 Å². The molecule has 0 saturated heterocycles. The maximum absolute atomic E-state index is 11.6. The molecule has 0 atom stereocenters. The molecule has 0 unspecified atom stereocenters. The second-order valence-electron chi connectivity index (χ2n) is 5.02. The molecule has 1 aliphatic rings. The van der Waals surface area contributed by atoms with Crippen LogP contribution in [0, 0.1) is 12.8 Å². The minimum atomic E-state index is -0.0607. The van der Waals surface area contributed by atoms with Crippen molar-refractivity contribution in [3.8, 4) is 5.88 Å². The Morgan fingerprint density at radius 2 is 2.05 bits per heavy atom. The summed E-state index contributed by atoms with van der Waals surface area (Å²) in [6.45, 7) is 4.31. The first kappa shape index (κ1) is 13.8. The van der Waals surface area contributed by atoms with Crippen LogP contribution in [0.4, 0.5) is 0 Å². The predicted octanol–water partition coefficient (Wildman–Crippen LogP) is 2.89. The number of ether oxygens (including phenoxy) is 2. The monoisotopic (exact) mass is 263 g/mol. The van der Waals surface area contributed by atoms with Gasteiger partial charge in [0.05, 0.1) is 12.5 Å². The van der Waals surface area contributed by atoms with Crippen LogP contribution in [-0.4, -0.2) is 23.7 Å². The van der Waals surface area contributed by atoms with Crippen molar-refractivity contribution >= 4 is 5.97 Å². The minimum absolute atomic E-state index is 0.0470. The van der Waals surface area contributed by atoms with Gasteiger partial charge in [0.1, 0.15) is 6.10 Å². The topological polar surface area (TPSA) is 48.4 Å². The molecular weight excluding hydrogens is 242 g/mol. The molecule has 1 aromatic heterocycles. The van der Waals surface area contributed by atoms with Crippen molar-refractivity contribution in [1.29, 1.82) is 0 Å². The second-order valence-corrected chi connectivity index (χ2v) is 5.02. The lowest BCUT2D eigenvalue weighted by Crippen LogP contribution is -2.29. The van der Waals surface area contributed by atoms with E-state index in [4.69, 9.17) is 9.47 Å². The van der Waals surface area contributed by atoms with Crippen LogP contribution in [0.25, 0.3) is 0 Å². The van der Waals surface area contributed by atoms with Crippen molar-refractivity contribution in [2.24, 2.45) is 5.92 Å². The average molecular weight is 263 g/mol. The zero-order valence-corrected chi connectivity index (χ0v) is 11.6. The Kier molecular flexibility index (Phi) is 4.77. The summed E-state index contributed by atoms with van der Waals surface area (Å²) in [5.41, 5.74) is 1.12. The zero-order valence-electron chi connectivity index (χ0n) is 11.6. The Balaban J connectivity index is 1.80. The zero-order chi connectivity index (χ0) is 13.7. The summed E-state index contributed by atoms with van der Waals surface area (Å²) in [5, 5.41) is 0. The molecular formula is C15H21NO3. The molecule has 4 nitrogen and oxygen atoms in total. The summed E-state index contributed by atoms with van der Waals surface area (Å²) in [6, 6.07) is 3.89. The van der Waals surface area contributed by atoms with Crippen LogP contribution in [0.5, 0.6) is 5.88 Å². The van der Waals surface area contributed by atoms with Gasteiger partial charge in [-0.3, -0.25) is 4.79 Å². The van der Waals surface area contributed by atoms with Gasteiger partial charge in [-0.05, 0) is 45.1 Å². The van der Waals surface area contributed by atoms with Crippen molar-refractivity contribution < 1.29 is 14.3 Å². The molecule has 0 radical (unpaired) electrons. The Morgan fingerprint density at radius 3 is 2.63 bits per heavy atom. The van der Waals surface area contributed by atoms with Crippen molar-refractivity contribution in [3.63, 3.8) is 0 Å². The van der Waals surface area contributed by atoms with Gasteiger partial charge in [-0.2, -0.15) is 0 Å². The molecule has 4 heteroatoms. The van der Waals surface area contributed by atoms with Gasteiger partial charge < -0.3 is 9.47 Å². The van der Waals surface area contributed by atoms with Gasteiger partial charge in [0.15, 0.2) is 0 Å². The van der Waals surface area contributed by atoms with E-state index < -0.39 is 0 Å². The molecule has 1 saturated carbocycles. The number of aryl methyl sites for hydroxylation is 1. The number of carbonyl (C=O) groups excluding carboxylic acids is 1. The number of carbonyl (C=O) groups is 1. The van der Waals surface area contributed by atoms with E-state index in [9.17, 15) is 4.79 Å². The molecule has 0 amide bonds. The van der Waals surface area contributed by atoms with Crippen LogP contribution in [0.1, 0.15) is 38.2 Å². The third-order valence-electron chi connectivity index (χ3n) is 3.47. The van der Waals surface area contributed by atoms with E-state index in [1.165, 1.54) is 0 Å². The molecule has 2 rings (SSSR count). The largest absolute Gasteiger partial charge is 0.474 e. The highest BCUT2D eigenvalue weighted by Gasteiger charge is 2.28. The molecule has 0 N–H and O–H groups in total. The van der Waals surface area contributed by atoms with Gasteiger partial charge in [-0.25, -0.2) is 4.98 Å². The number of nitrogens with zero attached hydrogens (tertiary/aromatic N) is 1. The Bertz CT molecular complexity index is 408. The van der Waals surface area contributed by atoms with Crippen molar-refractivity contribution in [1.82, 2.24) is 4.98 Å². The van der Waals surface area contributed by atoms with Crippen molar-refractivity contribution in [2.75, 3.05) is 6.61 Å². The standard InChI is InChI=1S/C15H21NO3/c1-3-18-15(17)12-5-7-13(8-6-12)19-14-9-4-11(2)10-16-14/h4,9-10,12-13H,3,5-8H2,1-2H3/t12-,13-. The van der Waals surface area contributed by atoms with Crippen molar-refractivity contribution in [2.45, 2.75) is 45.6 Å². The molecule has 1 fully saturated rings. The fourth-order valence-electron chi connectivity index (χ4n) is 2.37. The quantitative estimate of drug-likeness (QED) is 0.784. The number of aromatic nitrogens is 1. The van der Waals surface area contributed by atoms with E-state index in [-0.39, 0.29) is 18.0 Å². The maximum atomic E-state index is 11.6. The van der Waals surface area contributed by atoms with Gasteiger partial charge in [-0.1, -0.05) is 6.07 Å². The first-order valence-corrected chi connectivity index (χ1v) is 6.95. The number of hydrogen-bond donors (Lipinski definition) is 0. The summed E-state index contributed by atoms with van der Waals surface area (Å²) in [4.78, 5) is 15.9. The molecule has 0 aliphatic heterocycles. The average Bonchev–Trinajstić information content (AvgIpc) is 2.42. The third kappa shape index (κ3) is 3.94. The predicted molar refractivity (Wildman–Crippen MR) is 72.0 cm³/mol. The summed E-state index contributed by atoms with van der Waals surface area (Å²) < 4.78 is 10.9. The van der Waals surface area contributed by atoms with Crippen LogP contribution in [0.2, 0.25) is 0 Å². The number of rotatable bonds is 4. The smallest absolute Gasteiger partial charge is 0.308 e. The molecule has 0 aromatic carbocycles. The lowest BCUT2D eigenvalue weighted by Gasteiger charge is -2.27. The van der Waals surface area contributed by atoms with E-state index >= 15 is 0 Å². The lowest BCUT2D eigenvalue weighted by atomic mass is 9.87. The third-order valence-corrected chi connectivity index (χ3v) is 3.47. The SMILES string of the molecule is CCOC(=O)[C@H]1CC[C@H](Oc2ccc(C)cn2)CC1. The molecule has 0 spiro atoms. The molecule has 19 heavy (non-hydrogen) atoms. The highest BCUT2D eigenvalue weighted by molar-refractivity contribution is 5.72. The van der Waals surface area contributed by atoms with Crippen LogP contribution >= 0.6 is 0 Å². The normalized spacial score (nSPS) is 22.8. The lowest BCUT2D eigenvalue weighted by molar-refractivity contribution is -0.149. The highest BCUT2D eigenvalue weighted by Crippen LogP contribution is 2.27. The van der Waals surface area contributed by atoms with Gasteiger partial charge in [0.25, 0.3) is 0 Å². The Morgan fingerprint density at radius 1 is 1.32 bits per heavy atom. The fraction of sp³-hybridized carbons (Fsp3) is 0.600. The van der Waals surface area contributed by atoms with Gasteiger partial charge >= 0.3 is 5.97 Å². The fourth-order valence-corrected chi connectivity index (χ4v) is 2.37. The summed E-state index contributed by atoms with van der Waals surface area (Å²) >= 11 is 0. The number of pyridine rings is 1. The molecule has 1 aliphatic carbocycles. The van der Waals surface area contributed by atoms with Gasteiger partial charge in [0, 0.05) is 12.3 Å². The molecule has 104 valence electrons. The number of hydrogen-bond acceptors (Lipinski definition) is 4. The Labute approximate surface area is 114 Å². The summed E-state index contributed by atoms with van der Waals surface area (Å²) in [7, 11) is 0. The van der Waals surface area contributed by atoms with Crippen molar-refractivity contribution in [3.05, 3.63) is 23.9 Å². The Hall–Kier alpha value is -1.58. The summed E-state index contributed by atoms with van der Waals surface area (Å²) in [5.74, 6) is 0.658. The van der Waals surface area contributed by atoms with E-state index in [0.717, 1.165) is 31.2 Å². The second kappa shape index (κ2) is 6.55. The van der Waals surface area contributed by atoms with E-state index in [0.29, 0.717) is 12.5 Å². The molecule has 1 aromatic rings. The van der Waals surface area contributed by atoms with E-state index in [1.54, 1.807) is 6.20 Å². The highest BCUT2D eigenvalue weighted by atomic mass is 16.5. The van der Waals surface area contributed by atoms with Gasteiger partial charge in [-0.15, -0.1) is 0 Å². The summed E-state index contributed by atoms with van der Waals surface area (Å²) in [6.07, 6.45) is 5.43. The van der Waals surface area contributed by atoms with Crippen LogP contribution in [-0.2, 0) is 9.53 Å².